The summed E-state index contributed by atoms with van der Waals surface area (Å²) in [7, 11) is 3.61. The summed E-state index contributed by atoms with van der Waals surface area (Å²) in [6, 6.07) is 8.24. The third-order valence-corrected chi connectivity index (χ3v) is 4.91. The molecule has 25 heavy (non-hydrogen) atoms. The number of benzene rings is 1. The molecule has 0 aliphatic carbocycles. The van der Waals surface area contributed by atoms with Crippen molar-refractivity contribution in [2.75, 3.05) is 33.8 Å². The molecule has 1 aromatic carbocycles. The number of likely N-dealkylation sites (tertiary alicyclic amines) is 1. The number of carbonyl (C=O) groups excluding carboxylic acids is 1. The molecule has 0 radical (unpaired) electrons. The van der Waals surface area contributed by atoms with E-state index in [-0.39, 0.29) is 18.1 Å². The van der Waals surface area contributed by atoms with E-state index in [9.17, 15) is 9.90 Å². The number of hydrogen-bond acceptors (Lipinski definition) is 4. The molecule has 1 saturated heterocycles. The summed E-state index contributed by atoms with van der Waals surface area (Å²) in [5.41, 5.74) is 1.18. The lowest BCUT2D eigenvalue weighted by Crippen LogP contribution is -2.41. The molecule has 2 rings (SSSR count). The zero-order chi connectivity index (χ0) is 18.2. The van der Waals surface area contributed by atoms with Gasteiger partial charge in [0.25, 0.3) is 0 Å². The van der Waals surface area contributed by atoms with Gasteiger partial charge in [-0.1, -0.05) is 25.0 Å². The number of aliphatic hydroxyl groups is 1. The topological polar surface area (TPSA) is 53.0 Å². The Morgan fingerprint density at radius 2 is 2.04 bits per heavy atom. The average Bonchev–Trinajstić information content (AvgIpc) is 2.86. The standard InChI is InChI=1S/C20H32N2O3/c1-16(23)12-14-21(2)15-20(24)22-13-6-4-5-7-19(22)17-8-10-18(25-3)11-9-17/h8-11,16,19,23H,4-7,12-15H2,1-3H3. The van der Waals surface area contributed by atoms with Crippen molar-refractivity contribution in [1.29, 1.82) is 0 Å². The van der Waals surface area contributed by atoms with Crippen LogP contribution in [0.5, 0.6) is 5.75 Å². The molecule has 1 aliphatic heterocycles. The largest absolute Gasteiger partial charge is 0.497 e. The van der Waals surface area contributed by atoms with E-state index in [1.165, 1.54) is 12.0 Å². The number of likely N-dealkylation sites (N-methyl/N-ethyl adjacent to an activating group) is 1. The Morgan fingerprint density at radius 3 is 2.68 bits per heavy atom. The van der Waals surface area contributed by atoms with E-state index in [2.05, 4.69) is 12.1 Å². The van der Waals surface area contributed by atoms with Crippen LogP contribution in [0, 0.1) is 0 Å². The Labute approximate surface area is 151 Å². The summed E-state index contributed by atoms with van der Waals surface area (Å²) in [5.74, 6) is 1.02. The van der Waals surface area contributed by atoms with Gasteiger partial charge >= 0.3 is 0 Å². The molecule has 1 N–H and O–H groups in total. The number of aliphatic hydroxyl groups excluding tert-OH is 1. The van der Waals surface area contributed by atoms with Gasteiger partial charge in [-0.25, -0.2) is 0 Å². The van der Waals surface area contributed by atoms with Crippen LogP contribution in [-0.4, -0.2) is 60.7 Å². The van der Waals surface area contributed by atoms with Gasteiger partial charge in [-0.2, -0.15) is 0 Å². The summed E-state index contributed by atoms with van der Waals surface area (Å²) >= 11 is 0. The third-order valence-electron chi connectivity index (χ3n) is 4.91. The van der Waals surface area contributed by atoms with Crippen molar-refractivity contribution >= 4 is 5.91 Å². The number of nitrogens with zero attached hydrogens (tertiary/aromatic N) is 2. The van der Waals surface area contributed by atoms with Gasteiger partial charge in [0.1, 0.15) is 5.75 Å². The van der Waals surface area contributed by atoms with Crippen molar-refractivity contribution in [2.24, 2.45) is 0 Å². The van der Waals surface area contributed by atoms with Gasteiger partial charge in [0.15, 0.2) is 0 Å². The molecule has 1 heterocycles. The lowest BCUT2D eigenvalue weighted by molar-refractivity contribution is -0.134. The van der Waals surface area contributed by atoms with E-state index in [0.29, 0.717) is 13.0 Å². The van der Waals surface area contributed by atoms with Crippen LogP contribution in [0.1, 0.15) is 50.6 Å². The number of carbonyl (C=O) groups is 1. The highest BCUT2D eigenvalue weighted by Gasteiger charge is 2.27. The SMILES string of the molecule is COc1ccc(C2CCCCCN2C(=O)CN(C)CCC(C)O)cc1. The minimum atomic E-state index is -0.331. The van der Waals surface area contributed by atoms with Crippen LogP contribution < -0.4 is 4.74 Å². The monoisotopic (exact) mass is 348 g/mol. The summed E-state index contributed by atoms with van der Waals surface area (Å²) < 4.78 is 5.25. The predicted molar refractivity (Wildman–Crippen MR) is 99.7 cm³/mol. The van der Waals surface area contributed by atoms with Crippen LogP contribution in [0.3, 0.4) is 0 Å². The van der Waals surface area contributed by atoms with Gasteiger partial charge in [-0.3, -0.25) is 9.69 Å². The minimum Gasteiger partial charge on any atom is -0.497 e. The number of amides is 1. The molecule has 2 atom stereocenters. The summed E-state index contributed by atoms with van der Waals surface area (Å²) in [4.78, 5) is 17.0. The smallest absolute Gasteiger partial charge is 0.237 e. The molecule has 5 nitrogen and oxygen atoms in total. The highest BCUT2D eigenvalue weighted by molar-refractivity contribution is 5.78. The molecule has 140 valence electrons. The van der Waals surface area contributed by atoms with Crippen molar-refractivity contribution in [3.05, 3.63) is 29.8 Å². The number of methoxy groups -OCH3 is 1. The maximum absolute atomic E-state index is 12.9. The van der Waals surface area contributed by atoms with Crippen molar-refractivity contribution in [3.63, 3.8) is 0 Å². The fourth-order valence-corrected chi connectivity index (χ4v) is 3.39. The van der Waals surface area contributed by atoms with Crippen molar-refractivity contribution in [2.45, 2.75) is 51.2 Å². The molecule has 1 fully saturated rings. The number of ether oxygens (including phenoxy) is 1. The van der Waals surface area contributed by atoms with E-state index in [1.54, 1.807) is 14.0 Å². The van der Waals surface area contributed by atoms with Crippen molar-refractivity contribution < 1.29 is 14.6 Å². The fraction of sp³-hybridized carbons (Fsp3) is 0.650. The summed E-state index contributed by atoms with van der Waals surface area (Å²) in [6.07, 6.45) is 4.76. The Morgan fingerprint density at radius 1 is 1.32 bits per heavy atom. The molecule has 1 aliphatic rings. The summed E-state index contributed by atoms with van der Waals surface area (Å²) in [5, 5.41) is 9.42. The maximum Gasteiger partial charge on any atom is 0.237 e. The second-order valence-electron chi connectivity index (χ2n) is 7.10. The Hall–Kier alpha value is -1.59. The van der Waals surface area contributed by atoms with Crippen LogP contribution >= 0.6 is 0 Å². The van der Waals surface area contributed by atoms with E-state index >= 15 is 0 Å². The molecule has 1 amide bonds. The molecule has 0 aromatic heterocycles. The maximum atomic E-state index is 12.9. The predicted octanol–water partition coefficient (Wildman–Crippen LogP) is 2.84. The second-order valence-corrected chi connectivity index (χ2v) is 7.10. The average molecular weight is 348 g/mol. The van der Waals surface area contributed by atoms with Crippen LogP contribution in [0.4, 0.5) is 0 Å². The first-order valence-corrected chi connectivity index (χ1v) is 9.31. The number of hydrogen-bond donors (Lipinski definition) is 1. The Bertz CT molecular complexity index is 530. The molecule has 2 unspecified atom stereocenters. The highest BCUT2D eigenvalue weighted by atomic mass is 16.5. The lowest BCUT2D eigenvalue weighted by Gasteiger charge is -2.32. The first kappa shape index (κ1) is 19.7. The third kappa shape index (κ3) is 6.01. The number of rotatable bonds is 7. The van der Waals surface area contributed by atoms with Gasteiger partial charge in [0.05, 0.1) is 25.8 Å². The molecular weight excluding hydrogens is 316 g/mol. The van der Waals surface area contributed by atoms with E-state index < -0.39 is 0 Å². The molecule has 5 heteroatoms. The van der Waals surface area contributed by atoms with Crippen molar-refractivity contribution in [3.8, 4) is 5.75 Å². The van der Waals surface area contributed by atoms with Crippen LogP contribution in [0.2, 0.25) is 0 Å². The Kier molecular flexibility index (Phi) is 7.72. The first-order valence-electron chi connectivity index (χ1n) is 9.31. The van der Waals surface area contributed by atoms with E-state index in [0.717, 1.165) is 38.1 Å². The van der Waals surface area contributed by atoms with Crippen LogP contribution in [-0.2, 0) is 4.79 Å². The van der Waals surface area contributed by atoms with Crippen LogP contribution in [0.25, 0.3) is 0 Å². The van der Waals surface area contributed by atoms with Gasteiger partial charge in [-0.15, -0.1) is 0 Å². The molecular formula is C20H32N2O3. The molecule has 0 bridgehead atoms. The molecule has 1 aromatic rings. The van der Waals surface area contributed by atoms with Gasteiger partial charge < -0.3 is 14.7 Å². The summed E-state index contributed by atoms with van der Waals surface area (Å²) in [6.45, 7) is 3.73. The van der Waals surface area contributed by atoms with E-state index in [4.69, 9.17) is 4.74 Å². The zero-order valence-corrected chi connectivity index (χ0v) is 15.8. The van der Waals surface area contributed by atoms with Crippen molar-refractivity contribution in [1.82, 2.24) is 9.80 Å². The van der Waals surface area contributed by atoms with E-state index in [1.807, 2.05) is 29.0 Å². The second kappa shape index (κ2) is 9.78. The van der Waals surface area contributed by atoms with Gasteiger partial charge in [-0.05, 0) is 50.9 Å². The fourth-order valence-electron chi connectivity index (χ4n) is 3.39. The molecule has 0 saturated carbocycles. The minimum absolute atomic E-state index is 0.145. The van der Waals surface area contributed by atoms with Gasteiger partial charge in [0.2, 0.25) is 5.91 Å². The van der Waals surface area contributed by atoms with Gasteiger partial charge in [0, 0.05) is 13.1 Å². The molecule has 0 spiro atoms. The highest BCUT2D eigenvalue weighted by Crippen LogP contribution is 2.31. The zero-order valence-electron chi connectivity index (χ0n) is 15.8. The first-order chi connectivity index (χ1) is 12.0. The lowest BCUT2D eigenvalue weighted by atomic mass is 10.0. The normalized spacial score (nSPS) is 19.6. The Balaban J connectivity index is 2.06. The quantitative estimate of drug-likeness (QED) is 0.823. The van der Waals surface area contributed by atoms with Crippen LogP contribution in [0.15, 0.2) is 24.3 Å².